The standard InChI is InChI=1S/C16H15NO5/c1-20-15(18)14(9-13-7-8-21-10-13)17-16(19)22-11-12-5-3-2-4-6-12/h2-10H,11H2,1H3,(H,17,19)/b14-9-. The molecular formula is C16H15NO5. The largest absolute Gasteiger partial charge is 0.472 e. The van der Waals surface area contributed by atoms with Crippen molar-refractivity contribution in [3.8, 4) is 0 Å². The van der Waals surface area contributed by atoms with Crippen molar-refractivity contribution in [2.45, 2.75) is 6.61 Å². The molecule has 0 aliphatic rings. The maximum atomic E-state index is 11.8. The molecule has 2 rings (SSSR count). The predicted octanol–water partition coefficient (Wildman–Crippen LogP) is 2.72. The Morgan fingerprint density at radius 1 is 1.23 bits per heavy atom. The van der Waals surface area contributed by atoms with E-state index >= 15 is 0 Å². The smallest absolute Gasteiger partial charge is 0.412 e. The van der Waals surface area contributed by atoms with E-state index in [9.17, 15) is 9.59 Å². The molecule has 0 bridgehead atoms. The van der Waals surface area contributed by atoms with Gasteiger partial charge in [-0.3, -0.25) is 5.32 Å². The molecule has 1 aromatic heterocycles. The monoisotopic (exact) mass is 301 g/mol. The fourth-order valence-corrected chi connectivity index (χ4v) is 1.65. The molecule has 0 unspecified atom stereocenters. The fraction of sp³-hybridized carbons (Fsp3) is 0.125. The van der Waals surface area contributed by atoms with E-state index in [1.54, 1.807) is 6.07 Å². The third-order valence-electron chi connectivity index (χ3n) is 2.71. The molecule has 114 valence electrons. The van der Waals surface area contributed by atoms with Gasteiger partial charge in [0.1, 0.15) is 12.3 Å². The summed E-state index contributed by atoms with van der Waals surface area (Å²) >= 11 is 0. The SMILES string of the molecule is COC(=O)/C(=C/c1ccoc1)NC(=O)OCc1ccccc1. The van der Waals surface area contributed by atoms with Gasteiger partial charge in [-0.2, -0.15) is 0 Å². The number of alkyl carbamates (subject to hydrolysis) is 1. The van der Waals surface area contributed by atoms with Gasteiger partial charge in [-0.15, -0.1) is 0 Å². The van der Waals surface area contributed by atoms with Gasteiger partial charge in [0.25, 0.3) is 0 Å². The zero-order valence-corrected chi connectivity index (χ0v) is 11.9. The number of carbonyl (C=O) groups excluding carboxylic acids is 2. The van der Waals surface area contributed by atoms with Crippen LogP contribution < -0.4 is 5.32 Å². The molecule has 1 N–H and O–H groups in total. The molecule has 0 saturated carbocycles. The van der Waals surface area contributed by atoms with Crippen LogP contribution >= 0.6 is 0 Å². The van der Waals surface area contributed by atoms with Crippen LogP contribution in [0.15, 0.2) is 59.0 Å². The fourth-order valence-electron chi connectivity index (χ4n) is 1.65. The second-order valence-corrected chi connectivity index (χ2v) is 4.29. The van der Waals surface area contributed by atoms with Gasteiger partial charge in [-0.1, -0.05) is 30.3 Å². The number of hydrogen-bond donors (Lipinski definition) is 1. The topological polar surface area (TPSA) is 77.8 Å². The van der Waals surface area contributed by atoms with Crippen LogP contribution in [0.3, 0.4) is 0 Å². The summed E-state index contributed by atoms with van der Waals surface area (Å²) in [6.07, 6.45) is 3.57. The number of methoxy groups -OCH3 is 1. The first kappa shape index (κ1) is 15.4. The number of nitrogens with one attached hydrogen (secondary N) is 1. The van der Waals surface area contributed by atoms with E-state index in [1.165, 1.54) is 25.7 Å². The summed E-state index contributed by atoms with van der Waals surface area (Å²) in [4.78, 5) is 23.4. The minimum absolute atomic E-state index is 0.0399. The molecule has 0 spiro atoms. The Morgan fingerprint density at radius 3 is 2.64 bits per heavy atom. The van der Waals surface area contributed by atoms with Gasteiger partial charge < -0.3 is 13.9 Å². The Hall–Kier alpha value is -3.02. The number of amides is 1. The number of ether oxygens (including phenoxy) is 2. The van der Waals surface area contributed by atoms with Crippen LogP contribution in [0.4, 0.5) is 4.79 Å². The summed E-state index contributed by atoms with van der Waals surface area (Å²) in [5.41, 5.74) is 1.42. The van der Waals surface area contributed by atoms with E-state index in [-0.39, 0.29) is 12.3 Å². The third kappa shape index (κ3) is 4.52. The highest BCUT2D eigenvalue weighted by atomic mass is 16.6. The van der Waals surface area contributed by atoms with Crippen LogP contribution in [0.5, 0.6) is 0 Å². The van der Waals surface area contributed by atoms with Crippen LogP contribution in [0.1, 0.15) is 11.1 Å². The second-order valence-electron chi connectivity index (χ2n) is 4.29. The molecular weight excluding hydrogens is 286 g/mol. The molecule has 1 heterocycles. The number of furan rings is 1. The summed E-state index contributed by atoms with van der Waals surface area (Å²) in [5, 5.41) is 2.36. The Kier molecular flexibility index (Phi) is 5.37. The first-order chi connectivity index (χ1) is 10.7. The summed E-state index contributed by atoms with van der Waals surface area (Å²) < 4.78 is 14.6. The first-order valence-electron chi connectivity index (χ1n) is 6.49. The van der Waals surface area contributed by atoms with E-state index in [4.69, 9.17) is 9.15 Å². The van der Waals surface area contributed by atoms with Crippen LogP contribution in [-0.4, -0.2) is 19.2 Å². The van der Waals surface area contributed by atoms with Gasteiger partial charge in [0.2, 0.25) is 0 Å². The van der Waals surface area contributed by atoms with Gasteiger partial charge in [0.15, 0.2) is 0 Å². The third-order valence-corrected chi connectivity index (χ3v) is 2.71. The number of esters is 1. The lowest BCUT2D eigenvalue weighted by atomic mass is 10.2. The van der Waals surface area contributed by atoms with E-state index in [2.05, 4.69) is 10.1 Å². The van der Waals surface area contributed by atoms with E-state index in [0.717, 1.165) is 5.56 Å². The van der Waals surface area contributed by atoms with Crippen molar-refractivity contribution in [2.24, 2.45) is 0 Å². The number of benzene rings is 1. The van der Waals surface area contributed by atoms with Gasteiger partial charge in [0.05, 0.1) is 19.6 Å². The molecule has 1 amide bonds. The lowest BCUT2D eigenvalue weighted by molar-refractivity contribution is -0.136. The summed E-state index contributed by atoms with van der Waals surface area (Å²) in [7, 11) is 1.22. The Morgan fingerprint density at radius 2 is 2.00 bits per heavy atom. The number of carbonyl (C=O) groups is 2. The van der Waals surface area contributed by atoms with Gasteiger partial charge in [-0.25, -0.2) is 9.59 Å². The van der Waals surface area contributed by atoms with Crippen LogP contribution in [-0.2, 0) is 20.9 Å². The molecule has 0 aliphatic heterocycles. The summed E-state index contributed by atoms with van der Waals surface area (Å²) in [5.74, 6) is -0.683. The van der Waals surface area contributed by atoms with E-state index in [0.29, 0.717) is 5.56 Å². The molecule has 0 atom stereocenters. The van der Waals surface area contributed by atoms with E-state index < -0.39 is 12.1 Å². The second kappa shape index (κ2) is 7.68. The Bertz CT molecular complexity index is 646. The average molecular weight is 301 g/mol. The van der Waals surface area contributed by atoms with E-state index in [1.807, 2.05) is 30.3 Å². The van der Waals surface area contributed by atoms with Crippen molar-refractivity contribution in [1.29, 1.82) is 0 Å². The Balaban J connectivity index is 1.98. The van der Waals surface area contributed by atoms with Crippen molar-refractivity contribution >= 4 is 18.1 Å². The van der Waals surface area contributed by atoms with Crippen LogP contribution in [0, 0.1) is 0 Å². The predicted molar refractivity (Wildman–Crippen MR) is 78.5 cm³/mol. The highest BCUT2D eigenvalue weighted by molar-refractivity contribution is 5.96. The minimum Gasteiger partial charge on any atom is -0.472 e. The highest BCUT2D eigenvalue weighted by Crippen LogP contribution is 2.08. The van der Waals surface area contributed by atoms with Crippen LogP contribution in [0.2, 0.25) is 0 Å². The van der Waals surface area contributed by atoms with Crippen LogP contribution in [0.25, 0.3) is 6.08 Å². The van der Waals surface area contributed by atoms with Gasteiger partial charge in [-0.05, 0) is 17.7 Å². The van der Waals surface area contributed by atoms with Gasteiger partial charge >= 0.3 is 12.1 Å². The Labute approximate surface area is 127 Å². The lowest BCUT2D eigenvalue weighted by Crippen LogP contribution is -2.28. The van der Waals surface area contributed by atoms with Crippen molar-refractivity contribution in [2.75, 3.05) is 7.11 Å². The molecule has 1 aromatic carbocycles. The molecule has 22 heavy (non-hydrogen) atoms. The minimum atomic E-state index is -0.746. The van der Waals surface area contributed by atoms with Crippen molar-refractivity contribution in [1.82, 2.24) is 5.32 Å². The van der Waals surface area contributed by atoms with Crippen molar-refractivity contribution in [3.05, 3.63) is 65.7 Å². The summed E-state index contributed by atoms with van der Waals surface area (Å²) in [6.45, 7) is 0.104. The van der Waals surface area contributed by atoms with Crippen molar-refractivity contribution < 1.29 is 23.5 Å². The zero-order chi connectivity index (χ0) is 15.8. The normalized spacial score (nSPS) is 10.9. The molecule has 0 radical (unpaired) electrons. The highest BCUT2D eigenvalue weighted by Gasteiger charge is 2.14. The zero-order valence-electron chi connectivity index (χ0n) is 11.9. The number of rotatable bonds is 5. The maximum Gasteiger partial charge on any atom is 0.412 e. The number of hydrogen-bond acceptors (Lipinski definition) is 5. The molecule has 2 aromatic rings. The summed E-state index contributed by atoms with van der Waals surface area (Å²) in [6, 6.07) is 10.8. The average Bonchev–Trinajstić information content (AvgIpc) is 3.05. The molecule has 6 nitrogen and oxygen atoms in total. The molecule has 0 fully saturated rings. The quantitative estimate of drug-likeness (QED) is 0.678. The molecule has 0 saturated heterocycles. The maximum absolute atomic E-state index is 11.8. The van der Waals surface area contributed by atoms with Gasteiger partial charge in [0, 0.05) is 5.56 Å². The lowest BCUT2D eigenvalue weighted by Gasteiger charge is -2.09. The molecule has 0 aliphatic carbocycles. The first-order valence-corrected chi connectivity index (χ1v) is 6.49. The molecule has 6 heteroatoms. The van der Waals surface area contributed by atoms with Crippen molar-refractivity contribution in [3.63, 3.8) is 0 Å².